The number of allylic oxidation sites excluding steroid dienone is 2. The molecule has 0 spiro atoms. The van der Waals surface area contributed by atoms with Crippen LogP contribution in [-0.4, -0.2) is 12.1 Å². The lowest BCUT2D eigenvalue weighted by Crippen LogP contribution is -2.11. The molecule has 2 nitrogen and oxygen atoms in total. The Bertz CT molecular complexity index is 635. The van der Waals surface area contributed by atoms with Gasteiger partial charge in [0.15, 0.2) is 0 Å². The van der Waals surface area contributed by atoms with E-state index in [-0.39, 0.29) is 6.61 Å². The predicted octanol–water partition coefficient (Wildman–Crippen LogP) is 5.00. The quantitative estimate of drug-likeness (QED) is 0.717. The molecule has 0 unspecified atom stereocenters. The molecule has 1 aromatic rings. The van der Waals surface area contributed by atoms with E-state index in [2.05, 4.69) is 0 Å². The number of carbonyl (C=O) groups is 1. The molecule has 126 valence electrons. The minimum Gasteiger partial charge on any atom is -0.461 e. The molecule has 0 radical (unpaired) electrons. The first-order valence-electron chi connectivity index (χ1n) is 7.21. The van der Waals surface area contributed by atoms with Crippen molar-refractivity contribution in [2.45, 2.75) is 33.6 Å². The van der Waals surface area contributed by atoms with Crippen LogP contribution >= 0.6 is 11.6 Å². The average Bonchev–Trinajstić information content (AvgIpc) is 2.97. The van der Waals surface area contributed by atoms with Crippen molar-refractivity contribution in [2.75, 3.05) is 0 Å². The van der Waals surface area contributed by atoms with Crippen LogP contribution in [0.15, 0.2) is 35.4 Å². The number of hydrogen-bond donors (Lipinski definition) is 0. The van der Waals surface area contributed by atoms with Gasteiger partial charge in [0.05, 0.1) is 5.92 Å². The molecule has 1 fully saturated rings. The number of esters is 1. The van der Waals surface area contributed by atoms with Gasteiger partial charge in [-0.2, -0.15) is 13.2 Å². The molecule has 0 heterocycles. The standard InChI is InChI=1S/C17H18ClF3O2/c1-10-6-4-5-7-11(10)9-23-15(22)14-12(16(14,2)3)8-13(18)17(19,20)21/h4-8,12,14H,9H2,1-3H3/b13-8-/t12-,14-/m1/s1. The molecule has 1 aliphatic carbocycles. The first-order valence-corrected chi connectivity index (χ1v) is 7.58. The SMILES string of the molecule is Cc1ccccc1COC(=O)[C@H]1[C@@H](/C=C(\Cl)C(F)(F)F)C1(C)C. The summed E-state index contributed by atoms with van der Waals surface area (Å²) < 4.78 is 42.8. The zero-order chi connectivity index (χ0) is 17.4. The van der Waals surface area contributed by atoms with E-state index in [1.165, 1.54) is 0 Å². The van der Waals surface area contributed by atoms with E-state index in [4.69, 9.17) is 16.3 Å². The summed E-state index contributed by atoms with van der Waals surface area (Å²) in [6, 6.07) is 7.47. The Hall–Kier alpha value is -1.49. The summed E-state index contributed by atoms with van der Waals surface area (Å²) >= 11 is 5.27. The lowest BCUT2D eigenvalue weighted by atomic mass is 10.1. The van der Waals surface area contributed by atoms with E-state index in [0.29, 0.717) is 0 Å². The first kappa shape index (κ1) is 17.9. The second-order valence-electron chi connectivity index (χ2n) is 6.37. The second kappa shape index (κ2) is 6.19. The molecule has 1 aromatic carbocycles. The highest BCUT2D eigenvalue weighted by Crippen LogP contribution is 2.60. The Morgan fingerprint density at radius 1 is 1.35 bits per heavy atom. The molecule has 1 aliphatic rings. The van der Waals surface area contributed by atoms with E-state index in [1.807, 2.05) is 31.2 Å². The molecule has 0 amide bonds. The maximum atomic E-state index is 12.5. The Morgan fingerprint density at radius 3 is 2.52 bits per heavy atom. The highest BCUT2D eigenvalue weighted by molar-refractivity contribution is 6.30. The van der Waals surface area contributed by atoms with Gasteiger partial charge >= 0.3 is 12.1 Å². The van der Waals surface area contributed by atoms with Gasteiger partial charge in [0.25, 0.3) is 0 Å². The third-order valence-electron chi connectivity index (χ3n) is 4.39. The summed E-state index contributed by atoms with van der Waals surface area (Å²) in [5, 5.41) is -1.19. The third kappa shape index (κ3) is 3.89. The van der Waals surface area contributed by atoms with Gasteiger partial charge < -0.3 is 4.74 Å². The minimum atomic E-state index is -4.59. The normalized spacial score (nSPS) is 23.5. The number of halogens is 4. The Kier molecular flexibility index (Phi) is 4.81. The molecule has 0 bridgehead atoms. The van der Waals surface area contributed by atoms with Gasteiger partial charge in [0.1, 0.15) is 11.6 Å². The highest BCUT2D eigenvalue weighted by Gasteiger charge is 2.62. The zero-order valence-electron chi connectivity index (χ0n) is 13.1. The molecule has 0 aromatic heterocycles. The first-order chi connectivity index (χ1) is 10.5. The molecule has 0 saturated heterocycles. The molecule has 2 rings (SSSR count). The summed E-state index contributed by atoms with van der Waals surface area (Å²) in [7, 11) is 0. The molecule has 2 atom stereocenters. The largest absolute Gasteiger partial charge is 0.461 e. The topological polar surface area (TPSA) is 26.3 Å². The number of aryl methyl sites for hydroxylation is 1. The van der Waals surface area contributed by atoms with Gasteiger partial charge in [-0.1, -0.05) is 55.8 Å². The summed E-state index contributed by atoms with van der Waals surface area (Å²) in [5.41, 5.74) is 1.28. The van der Waals surface area contributed by atoms with Crippen LogP contribution in [0.4, 0.5) is 13.2 Å². The summed E-state index contributed by atoms with van der Waals surface area (Å²) in [6.45, 7) is 5.48. The Labute approximate surface area is 138 Å². The summed E-state index contributed by atoms with van der Waals surface area (Å²) in [5.74, 6) is -1.67. The van der Waals surface area contributed by atoms with Crippen LogP contribution in [0.1, 0.15) is 25.0 Å². The minimum absolute atomic E-state index is 0.113. The number of rotatable bonds is 4. The van der Waals surface area contributed by atoms with Crippen LogP contribution in [0.25, 0.3) is 0 Å². The fraction of sp³-hybridized carbons (Fsp3) is 0.471. The second-order valence-corrected chi connectivity index (χ2v) is 6.78. The zero-order valence-corrected chi connectivity index (χ0v) is 13.8. The van der Waals surface area contributed by atoms with Gasteiger partial charge in [0.2, 0.25) is 0 Å². The van der Waals surface area contributed by atoms with E-state index < -0.39 is 34.4 Å². The van der Waals surface area contributed by atoms with Crippen LogP contribution in [-0.2, 0) is 16.1 Å². The number of alkyl halides is 3. The van der Waals surface area contributed by atoms with Crippen LogP contribution in [0.2, 0.25) is 0 Å². The average molecular weight is 347 g/mol. The van der Waals surface area contributed by atoms with Crippen molar-refractivity contribution in [3.8, 4) is 0 Å². The van der Waals surface area contributed by atoms with Crippen LogP contribution in [0.3, 0.4) is 0 Å². The molecular formula is C17H18ClF3O2. The van der Waals surface area contributed by atoms with Crippen molar-refractivity contribution in [1.29, 1.82) is 0 Å². The molecule has 0 aliphatic heterocycles. The molecular weight excluding hydrogens is 329 g/mol. The number of carbonyl (C=O) groups excluding carboxylic acids is 1. The summed E-state index contributed by atoms with van der Waals surface area (Å²) in [6.07, 6.45) is -3.67. The Morgan fingerprint density at radius 2 is 1.96 bits per heavy atom. The van der Waals surface area contributed by atoms with E-state index >= 15 is 0 Å². The number of benzene rings is 1. The molecule has 0 N–H and O–H groups in total. The van der Waals surface area contributed by atoms with Crippen molar-refractivity contribution in [2.24, 2.45) is 17.3 Å². The van der Waals surface area contributed by atoms with Crippen molar-refractivity contribution in [3.63, 3.8) is 0 Å². The number of hydrogen-bond acceptors (Lipinski definition) is 2. The van der Waals surface area contributed by atoms with E-state index in [9.17, 15) is 18.0 Å². The Balaban J connectivity index is 2.02. The van der Waals surface area contributed by atoms with Gasteiger partial charge in [-0.05, 0) is 29.4 Å². The lowest BCUT2D eigenvalue weighted by Gasteiger charge is -2.08. The maximum absolute atomic E-state index is 12.5. The molecule has 23 heavy (non-hydrogen) atoms. The fourth-order valence-electron chi connectivity index (χ4n) is 2.70. The van der Waals surface area contributed by atoms with Gasteiger partial charge in [-0.3, -0.25) is 4.79 Å². The summed E-state index contributed by atoms with van der Waals surface area (Å²) in [4.78, 5) is 12.2. The van der Waals surface area contributed by atoms with Gasteiger partial charge in [-0.25, -0.2) is 0 Å². The monoisotopic (exact) mass is 346 g/mol. The van der Waals surface area contributed by atoms with Gasteiger partial charge in [0, 0.05) is 0 Å². The lowest BCUT2D eigenvalue weighted by molar-refractivity contribution is -0.147. The van der Waals surface area contributed by atoms with Crippen molar-refractivity contribution < 1.29 is 22.7 Å². The maximum Gasteiger partial charge on any atom is 0.426 e. The van der Waals surface area contributed by atoms with Gasteiger partial charge in [-0.15, -0.1) is 0 Å². The highest BCUT2D eigenvalue weighted by atomic mass is 35.5. The van der Waals surface area contributed by atoms with Crippen LogP contribution in [0, 0.1) is 24.2 Å². The van der Waals surface area contributed by atoms with Crippen molar-refractivity contribution >= 4 is 17.6 Å². The van der Waals surface area contributed by atoms with Crippen LogP contribution in [0.5, 0.6) is 0 Å². The van der Waals surface area contributed by atoms with E-state index in [1.54, 1.807) is 13.8 Å². The molecule has 6 heteroatoms. The third-order valence-corrected chi connectivity index (χ3v) is 4.73. The smallest absolute Gasteiger partial charge is 0.426 e. The van der Waals surface area contributed by atoms with Crippen molar-refractivity contribution in [1.82, 2.24) is 0 Å². The van der Waals surface area contributed by atoms with Crippen molar-refractivity contribution in [3.05, 3.63) is 46.5 Å². The van der Waals surface area contributed by atoms with Crippen LogP contribution < -0.4 is 0 Å². The molecule has 1 saturated carbocycles. The predicted molar refractivity (Wildman–Crippen MR) is 81.7 cm³/mol. The van der Waals surface area contributed by atoms with E-state index in [0.717, 1.165) is 17.2 Å². The fourth-order valence-corrected chi connectivity index (χ4v) is 2.84. The number of ether oxygens (including phenoxy) is 1.